The number of piperazine rings is 1. The quantitative estimate of drug-likeness (QED) is 0.409. The number of carbonyl (C=O) groups excluding carboxylic acids is 1. The van der Waals surface area contributed by atoms with Crippen molar-refractivity contribution < 1.29 is 13.6 Å². The van der Waals surface area contributed by atoms with Crippen LogP contribution in [0.3, 0.4) is 0 Å². The van der Waals surface area contributed by atoms with E-state index in [0.29, 0.717) is 12.2 Å². The fraction of sp³-hybridized carbons (Fsp3) is 0.448. The van der Waals surface area contributed by atoms with Gasteiger partial charge in [0.05, 0.1) is 24.3 Å². The van der Waals surface area contributed by atoms with Gasteiger partial charge in [0, 0.05) is 37.8 Å². The van der Waals surface area contributed by atoms with E-state index >= 15 is 0 Å². The van der Waals surface area contributed by atoms with Gasteiger partial charge in [0.25, 0.3) is 0 Å². The number of hydrogen-bond acceptors (Lipinski definition) is 4. The molecule has 4 rings (SSSR count). The van der Waals surface area contributed by atoms with Crippen LogP contribution in [0.25, 0.3) is 5.69 Å². The topological polar surface area (TPSA) is 44.6 Å². The van der Waals surface area contributed by atoms with Crippen molar-refractivity contribution in [3.8, 4) is 5.69 Å². The number of rotatable bonds is 9. The monoisotopic (exact) mass is 509 g/mol. The van der Waals surface area contributed by atoms with Crippen molar-refractivity contribution in [2.24, 2.45) is 0 Å². The van der Waals surface area contributed by atoms with Crippen LogP contribution in [0.1, 0.15) is 44.0 Å². The summed E-state index contributed by atoms with van der Waals surface area (Å²) in [6.45, 7) is 13.2. The Kier molecular flexibility index (Phi) is 8.59. The first-order chi connectivity index (χ1) is 17.8. The van der Waals surface area contributed by atoms with E-state index < -0.39 is 0 Å². The van der Waals surface area contributed by atoms with Gasteiger partial charge >= 0.3 is 0 Å². The van der Waals surface area contributed by atoms with Crippen LogP contribution in [0.15, 0.2) is 48.5 Å². The molecule has 0 saturated carbocycles. The highest BCUT2D eigenvalue weighted by molar-refractivity contribution is 5.79. The number of carbonyl (C=O) groups is 1. The minimum atomic E-state index is -0.316. The summed E-state index contributed by atoms with van der Waals surface area (Å²) in [7, 11) is 0. The number of aryl methyl sites for hydroxylation is 1. The van der Waals surface area contributed by atoms with Crippen molar-refractivity contribution in [3.05, 3.63) is 77.0 Å². The maximum atomic E-state index is 14.2. The Morgan fingerprint density at radius 3 is 2.35 bits per heavy atom. The predicted octanol–water partition coefficient (Wildman–Crippen LogP) is 4.97. The molecule has 37 heavy (non-hydrogen) atoms. The van der Waals surface area contributed by atoms with Crippen molar-refractivity contribution in [1.29, 1.82) is 0 Å². The van der Waals surface area contributed by atoms with E-state index in [-0.39, 0.29) is 30.0 Å². The Labute approximate surface area is 218 Å². The molecular formula is C29H37F2N5O. The highest BCUT2D eigenvalue weighted by atomic mass is 19.1. The van der Waals surface area contributed by atoms with Crippen molar-refractivity contribution >= 4 is 11.7 Å². The van der Waals surface area contributed by atoms with Gasteiger partial charge in [-0.2, -0.15) is 5.10 Å². The zero-order valence-corrected chi connectivity index (χ0v) is 22.3. The molecular weight excluding hydrogens is 472 g/mol. The normalized spacial score (nSPS) is 15.1. The van der Waals surface area contributed by atoms with Crippen LogP contribution in [0.5, 0.6) is 0 Å². The largest absolute Gasteiger partial charge is 0.354 e. The van der Waals surface area contributed by atoms with E-state index in [9.17, 15) is 13.6 Å². The summed E-state index contributed by atoms with van der Waals surface area (Å²) < 4.78 is 29.4. The molecule has 1 amide bonds. The number of hydrogen-bond donors (Lipinski definition) is 0. The molecule has 1 aliphatic rings. The lowest BCUT2D eigenvalue weighted by Crippen LogP contribution is -2.47. The molecule has 198 valence electrons. The molecule has 1 aromatic heterocycles. The smallest absolute Gasteiger partial charge is 0.227 e. The summed E-state index contributed by atoms with van der Waals surface area (Å²) in [6.07, 6.45) is 1.00. The molecule has 0 aliphatic carbocycles. The summed E-state index contributed by atoms with van der Waals surface area (Å²) in [5, 5.41) is 4.84. The molecule has 0 unspecified atom stereocenters. The second-order valence-electron chi connectivity index (χ2n) is 9.78. The molecule has 1 aliphatic heterocycles. The van der Waals surface area contributed by atoms with Gasteiger partial charge in [0.15, 0.2) is 0 Å². The number of halogens is 2. The van der Waals surface area contributed by atoms with Gasteiger partial charge in [-0.3, -0.25) is 4.79 Å². The summed E-state index contributed by atoms with van der Waals surface area (Å²) in [6, 6.07) is 12.6. The van der Waals surface area contributed by atoms with Crippen molar-refractivity contribution in [2.75, 3.05) is 37.6 Å². The molecule has 8 heteroatoms. The van der Waals surface area contributed by atoms with Gasteiger partial charge in [-0.1, -0.05) is 32.0 Å². The van der Waals surface area contributed by atoms with E-state index in [4.69, 9.17) is 5.10 Å². The van der Waals surface area contributed by atoms with Gasteiger partial charge in [-0.25, -0.2) is 13.5 Å². The number of amides is 1. The molecule has 1 saturated heterocycles. The van der Waals surface area contributed by atoms with E-state index in [1.165, 1.54) is 24.3 Å². The van der Waals surface area contributed by atoms with E-state index in [1.807, 2.05) is 22.6 Å². The van der Waals surface area contributed by atoms with Crippen LogP contribution in [-0.4, -0.2) is 64.3 Å². The Hall–Kier alpha value is -3.26. The molecule has 6 nitrogen and oxygen atoms in total. The summed E-state index contributed by atoms with van der Waals surface area (Å²) in [5.74, 6) is 0.273. The fourth-order valence-corrected chi connectivity index (χ4v) is 4.88. The van der Waals surface area contributed by atoms with Crippen LogP contribution in [0.2, 0.25) is 0 Å². The average molecular weight is 510 g/mol. The first-order valence-corrected chi connectivity index (χ1v) is 13.2. The van der Waals surface area contributed by atoms with Crippen molar-refractivity contribution in [3.63, 3.8) is 0 Å². The number of aromatic nitrogens is 2. The molecule has 0 bridgehead atoms. The Bertz CT molecular complexity index is 1200. The molecule has 0 radical (unpaired) electrons. The van der Waals surface area contributed by atoms with Gasteiger partial charge < -0.3 is 14.7 Å². The number of benzene rings is 2. The fourth-order valence-electron chi connectivity index (χ4n) is 4.88. The molecule has 0 spiro atoms. The third-order valence-electron chi connectivity index (χ3n) is 7.37. The summed E-state index contributed by atoms with van der Waals surface area (Å²) in [5.41, 5.74) is 3.24. The van der Waals surface area contributed by atoms with Crippen LogP contribution in [-0.2, 0) is 17.8 Å². The van der Waals surface area contributed by atoms with Gasteiger partial charge in [0.2, 0.25) is 5.91 Å². The molecule has 3 aromatic rings. The number of likely N-dealkylation sites (N-methyl/N-ethyl adjacent to an activating group) is 1. The Balaban J connectivity index is 1.71. The Morgan fingerprint density at radius 2 is 1.73 bits per heavy atom. The van der Waals surface area contributed by atoms with Crippen molar-refractivity contribution in [1.82, 2.24) is 19.6 Å². The minimum Gasteiger partial charge on any atom is -0.354 e. The predicted molar refractivity (Wildman–Crippen MR) is 143 cm³/mol. The first-order valence-electron chi connectivity index (χ1n) is 13.2. The van der Waals surface area contributed by atoms with E-state index in [2.05, 4.69) is 30.6 Å². The van der Waals surface area contributed by atoms with Crippen LogP contribution in [0.4, 0.5) is 14.6 Å². The van der Waals surface area contributed by atoms with Crippen LogP contribution >= 0.6 is 0 Å². The summed E-state index contributed by atoms with van der Waals surface area (Å²) in [4.78, 5) is 20.2. The zero-order valence-electron chi connectivity index (χ0n) is 22.3. The maximum absolute atomic E-state index is 14.2. The lowest BCUT2D eigenvalue weighted by molar-refractivity contribution is -0.133. The first kappa shape index (κ1) is 26.8. The minimum absolute atomic E-state index is 0.00894. The standard InChI is InChI=1S/C29H37F2N5O/c1-5-21(3)35(28(37)18-23-10-12-24(30)13-11-23)20-27-22(4)32-36(26-9-7-8-25(31)19-26)29(27)34-16-14-33(6-2)15-17-34/h7-13,19,21H,5-6,14-18,20H2,1-4H3/t21-/m1/s1. The van der Waals surface area contributed by atoms with Crippen LogP contribution < -0.4 is 4.90 Å². The zero-order chi connectivity index (χ0) is 26.5. The van der Waals surface area contributed by atoms with Crippen LogP contribution in [0, 0.1) is 18.6 Å². The molecule has 0 N–H and O–H groups in total. The third-order valence-corrected chi connectivity index (χ3v) is 7.37. The molecule has 2 aromatic carbocycles. The van der Waals surface area contributed by atoms with Gasteiger partial charge in [-0.15, -0.1) is 0 Å². The number of anilines is 1. The maximum Gasteiger partial charge on any atom is 0.227 e. The highest BCUT2D eigenvalue weighted by Crippen LogP contribution is 2.31. The third kappa shape index (κ3) is 6.18. The lowest BCUT2D eigenvalue weighted by Gasteiger charge is -2.37. The van der Waals surface area contributed by atoms with Gasteiger partial charge in [-0.05, 0) is 62.7 Å². The molecule has 2 heterocycles. The molecule has 1 atom stereocenters. The van der Waals surface area contributed by atoms with E-state index in [1.54, 1.807) is 18.2 Å². The summed E-state index contributed by atoms with van der Waals surface area (Å²) >= 11 is 0. The lowest BCUT2D eigenvalue weighted by atomic mass is 10.1. The average Bonchev–Trinajstić information content (AvgIpc) is 3.23. The molecule has 1 fully saturated rings. The second kappa shape index (κ2) is 11.9. The SMILES string of the molecule is CC[C@@H](C)N(Cc1c(C)nn(-c2cccc(F)c2)c1N1CCN(CC)CC1)C(=O)Cc1ccc(F)cc1. The van der Waals surface area contributed by atoms with E-state index in [0.717, 1.165) is 61.8 Å². The van der Waals surface area contributed by atoms with Crippen molar-refractivity contribution in [2.45, 2.75) is 53.1 Å². The number of nitrogens with zero attached hydrogens (tertiary/aromatic N) is 5. The van der Waals surface area contributed by atoms with Gasteiger partial charge in [0.1, 0.15) is 17.5 Å². The Morgan fingerprint density at radius 1 is 1.03 bits per heavy atom. The second-order valence-corrected chi connectivity index (χ2v) is 9.78. The highest BCUT2D eigenvalue weighted by Gasteiger charge is 2.29.